The molecule has 0 spiro atoms. The van der Waals surface area contributed by atoms with Gasteiger partial charge < -0.3 is 5.32 Å². The molecule has 1 heterocycles. The predicted octanol–water partition coefficient (Wildman–Crippen LogP) is 2.49. The number of nitrogens with one attached hydrogen (secondary N) is 2. The largest absolute Gasteiger partial charge is 0.325 e. The van der Waals surface area contributed by atoms with Gasteiger partial charge in [0, 0.05) is 13.1 Å². The molecule has 2 rings (SSSR count). The van der Waals surface area contributed by atoms with Crippen LogP contribution in [0.1, 0.15) is 6.92 Å². The van der Waals surface area contributed by atoms with E-state index in [1.54, 1.807) is 12.1 Å². The molecular weight excluding hydrogens is 314 g/mol. The summed E-state index contributed by atoms with van der Waals surface area (Å²) in [6.07, 6.45) is 2.93. The highest BCUT2D eigenvalue weighted by Gasteiger charge is 2.16. The quantitative estimate of drug-likeness (QED) is 0.904. The minimum absolute atomic E-state index is 0.00884. The van der Waals surface area contributed by atoms with Crippen LogP contribution in [0.2, 0.25) is 5.02 Å². The topological polar surface area (TPSA) is 88.2 Å². The SMILES string of the molecule is CC(=O)Nc1ccc(S(=O)(=O)Nc2cccnc2)cc1Cl. The van der Waals surface area contributed by atoms with Crippen molar-refractivity contribution in [2.24, 2.45) is 0 Å². The van der Waals surface area contributed by atoms with Crippen LogP contribution in [0.4, 0.5) is 11.4 Å². The Morgan fingerprint density at radius 1 is 1.29 bits per heavy atom. The smallest absolute Gasteiger partial charge is 0.261 e. The van der Waals surface area contributed by atoms with Crippen LogP contribution < -0.4 is 10.0 Å². The van der Waals surface area contributed by atoms with E-state index >= 15 is 0 Å². The molecule has 0 unspecified atom stereocenters. The van der Waals surface area contributed by atoms with E-state index in [1.165, 1.54) is 37.5 Å². The number of carbonyl (C=O) groups excluding carboxylic acids is 1. The number of rotatable bonds is 4. The van der Waals surface area contributed by atoms with Crippen LogP contribution in [0, 0.1) is 0 Å². The van der Waals surface area contributed by atoms with E-state index in [2.05, 4.69) is 15.0 Å². The van der Waals surface area contributed by atoms with Crippen LogP contribution in [0.15, 0.2) is 47.6 Å². The normalized spacial score (nSPS) is 11.0. The van der Waals surface area contributed by atoms with Gasteiger partial charge >= 0.3 is 0 Å². The van der Waals surface area contributed by atoms with Crippen molar-refractivity contribution in [2.45, 2.75) is 11.8 Å². The second-order valence-electron chi connectivity index (χ2n) is 4.17. The number of halogens is 1. The molecule has 0 aliphatic rings. The molecular formula is C13H12ClN3O3S. The Labute approximate surface area is 127 Å². The molecule has 0 radical (unpaired) electrons. The number of aromatic nitrogens is 1. The van der Waals surface area contributed by atoms with Gasteiger partial charge in [0.1, 0.15) is 0 Å². The molecule has 21 heavy (non-hydrogen) atoms. The molecule has 2 N–H and O–H groups in total. The summed E-state index contributed by atoms with van der Waals surface area (Å²) in [6, 6.07) is 7.26. The van der Waals surface area contributed by atoms with Gasteiger partial charge in [0.2, 0.25) is 5.91 Å². The van der Waals surface area contributed by atoms with Crippen molar-refractivity contribution in [3.05, 3.63) is 47.7 Å². The number of pyridine rings is 1. The minimum Gasteiger partial charge on any atom is -0.325 e. The molecule has 0 bridgehead atoms. The number of amides is 1. The first-order valence-corrected chi connectivity index (χ1v) is 7.74. The van der Waals surface area contributed by atoms with Gasteiger partial charge in [-0.15, -0.1) is 0 Å². The minimum atomic E-state index is -3.77. The third kappa shape index (κ3) is 3.93. The molecule has 2 aromatic rings. The van der Waals surface area contributed by atoms with Crippen LogP contribution in [0.3, 0.4) is 0 Å². The molecule has 1 aromatic carbocycles. The van der Waals surface area contributed by atoms with Gasteiger partial charge in [-0.3, -0.25) is 14.5 Å². The van der Waals surface area contributed by atoms with Crippen molar-refractivity contribution in [3.8, 4) is 0 Å². The van der Waals surface area contributed by atoms with Gasteiger partial charge in [-0.1, -0.05) is 11.6 Å². The van der Waals surface area contributed by atoms with Crippen molar-refractivity contribution in [1.82, 2.24) is 4.98 Å². The lowest BCUT2D eigenvalue weighted by Crippen LogP contribution is -2.13. The van der Waals surface area contributed by atoms with Crippen LogP contribution in [-0.2, 0) is 14.8 Å². The molecule has 1 aromatic heterocycles. The van der Waals surface area contributed by atoms with E-state index in [0.29, 0.717) is 11.4 Å². The highest BCUT2D eigenvalue weighted by atomic mass is 35.5. The number of hydrogen-bond acceptors (Lipinski definition) is 4. The van der Waals surface area contributed by atoms with E-state index in [0.717, 1.165) is 0 Å². The molecule has 1 amide bonds. The number of sulfonamides is 1. The van der Waals surface area contributed by atoms with E-state index in [1.807, 2.05) is 0 Å². The lowest BCUT2D eigenvalue weighted by Gasteiger charge is -2.10. The van der Waals surface area contributed by atoms with Crippen molar-refractivity contribution in [1.29, 1.82) is 0 Å². The van der Waals surface area contributed by atoms with Crippen molar-refractivity contribution in [3.63, 3.8) is 0 Å². The molecule has 6 nitrogen and oxygen atoms in total. The second-order valence-corrected chi connectivity index (χ2v) is 6.26. The number of anilines is 2. The van der Waals surface area contributed by atoms with Crippen molar-refractivity contribution < 1.29 is 13.2 Å². The fourth-order valence-electron chi connectivity index (χ4n) is 1.59. The average molecular weight is 326 g/mol. The molecule has 0 aliphatic carbocycles. The van der Waals surface area contributed by atoms with E-state index < -0.39 is 10.0 Å². The van der Waals surface area contributed by atoms with Crippen LogP contribution in [-0.4, -0.2) is 19.3 Å². The molecule has 0 saturated carbocycles. The lowest BCUT2D eigenvalue weighted by atomic mass is 10.3. The molecule has 110 valence electrons. The van der Waals surface area contributed by atoms with E-state index in [-0.39, 0.29) is 15.8 Å². The summed E-state index contributed by atoms with van der Waals surface area (Å²) in [7, 11) is -3.77. The number of carbonyl (C=O) groups is 1. The Kier molecular flexibility index (Phi) is 4.44. The molecule has 0 aliphatic heterocycles. The van der Waals surface area contributed by atoms with Gasteiger partial charge in [0.25, 0.3) is 10.0 Å². The Hall–Kier alpha value is -2.12. The van der Waals surface area contributed by atoms with Gasteiger partial charge in [0.15, 0.2) is 0 Å². The predicted molar refractivity (Wildman–Crippen MR) is 80.8 cm³/mol. The third-order valence-electron chi connectivity index (χ3n) is 2.48. The van der Waals surface area contributed by atoms with Crippen molar-refractivity contribution >= 4 is 38.9 Å². The van der Waals surface area contributed by atoms with Crippen LogP contribution >= 0.6 is 11.6 Å². The Bertz CT molecular complexity index is 763. The highest BCUT2D eigenvalue weighted by molar-refractivity contribution is 7.92. The van der Waals surface area contributed by atoms with Gasteiger partial charge in [-0.05, 0) is 30.3 Å². The molecule has 0 atom stereocenters. The summed E-state index contributed by atoms with van der Waals surface area (Å²) in [5.74, 6) is -0.291. The van der Waals surface area contributed by atoms with Crippen LogP contribution in [0.25, 0.3) is 0 Å². The number of hydrogen-bond donors (Lipinski definition) is 2. The number of nitrogens with zero attached hydrogens (tertiary/aromatic N) is 1. The Morgan fingerprint density at radius 3 is 2.62 bits per heavy atom. The Morgan fingerprint density at radius 2 is 2.05 bits per heavy atom. The first kappa shape index (κ1) is 15.3. The van der Waals surface area contributed by atoms with Crippen molar-refractivity contribution in [2.75, 3.05) is 10.0 Å². The monoisotopic (exact) mass is 325 g/mol. The lowest BCUT2D eigenvalue weighted by molar-refractivity contribution is -0.114. The summed E-state index contributed by atoms with van der Waals surface area (Å²) in [5, 5.41) is 2.64. The molecule has 8 heteroatoms. The molecule has 0 saturated heterocycles. The van der Waals surface area contributed by atoms with Gasteiger partial charge in [-0.2, -0.15) is 0 Å². The zero-order valence-electron chi connectivity index (χ0n) is 11.0. The fourth-order valence-corrected chi connectivity index (χ4v) is 2.95. The maximum absolute atomic E-state index is 12.2. The fraction of sp³-hybridized carbons (Fsp3) is 0.0769. The standard InChI is InChI=1S/C13H12ClN3O3S/c1-9(18)16-13-5-4-11(7-12(13)14)21(19,20)17-10-3-2-6-15-8-10/h2-8,17H,1H3,(H,16,18). The summed E-state index contributed by atoms with van der Waals surface area (Å²) in [6.45, 7) is 1.34. The maximum Gasteiger partial charge on any atom is 0.261 e. The molecule has 0 fully saturated rings. The van der Waals surface area contributed by atoms with E-state index in [9.17, 15) is 13.2 Å². The summed E-state index contributed by atoms with van der Waals surface area (Å²) in [5.41, 5.74) is 0.698. The first-order chi connectivity index (χ1) is 9.88. The zero-order chi connectivity index (χ0) is 15.5. The van der Waals surface area contributed by atoms with Gasteiger partial charge in [0.05, 0.1) is 27.5 Å². The summed E-state index contributed by atoms with van der Waals surface area (Å²) in [4.78, 5) is 14.8. The first-order valence-electron chi connectivity index (χ1n) is 5.88. The maximum atomic E-state index is 12.2. The second kappa shape index (κ2) is 6.11. The summed E-state index contributed by atoms with van der Waals surface area (Å²) < 4.78 is 26.8. The zero-order valence-corrected chi connectivity index (χ0v) is 12.6. The average Bonchev–Trinajstić information content (AvgIpc) is 2.41. The van der Waals surface area contributed by atoms with Crippen LogP contribution in [0.5, 0.6) is 0 Å². The third-order valence-corrected chi connectivity index (χ3v) is 4.17. The number of benzene rings is 1. The summed E-state index contributed by atoms with van der Waals surface area (Å²) >= 11 is 5.96. The Balaban J connectivity index is 2.29. The van der Waals surface area contributed by atoms with Gasteiger partial charge in [-0.25, -0.2) is 8.42 Å². The highest BCUT2D eigenvalue weighted by Crippen LogP contribution is 2.26. The van der Waals surface area contributed by atoms with E-state index in [4.69, 9.17) is 11.6 Å².